The van der Waals surface area contributed by atoms with Gasteiger partial charge in [0.25, 0.3) is 0 Å². The van der Waals surface area contributed by atoms with Crippen molar-refractivity contribution in [1.82, 2.24) is 0 Å². The molecular weight excluding hydrogens is 200 g/mol. The number of hydrogen-bond acceptors (Lipinski definition) is 3. The van der Waals surface area contributed by atoms with Gasteiger partial charge in [-0.3, -0.25) is 0 Å². The third-order valence-electron chi connectivity index (χ3n) is 2.35. The van der Waals surface area contributed by atoms with Crippen LogP contribution in [-0.4, -0.2) is 6.61 Å². The Morgan fingerprint density at radius 1 is 1.50 bits per heavy atom. The van der Waals surface area contributed by atoms with E-state index in [1.54, 1.807) is 0 Å². The summed E-state index contributed by atoms with van der Waals surface area (Å²) in [6, 6.07) is 8.06. The van der Waals surface area contributed by atoms with Gasteiger partial charge in [0.1, 0.15) is 5.75 Å². The fraction of sp³-hybridized carbons (Fsp3) is 0.462. The van der Waals surface area contributed by atoms with E-state index in [-0.39, 0.29) is 6.04 Å². The SMILES string of the molecule is Cc1ccc(OCCCC#N)c([C@@H](C)N)c1. The van der Waals surface area contributed by atoms with E-state index in [2.05, 4.69) is 6.07 Å². The number of nitrogens with two attached hydrogens (primary N) is 1. The Morgan fingerprint density at radius 3 is 2.88 bits per heavy atom. The maximum atomic E-state index is 8.42. The first kappa shape index (κ1) is 12.5. The molecule has 1 aromatic rings. The molecule has 16 heavy (non-hydrogen) atoms. The largest absolute Gasteiger partial charge is 0.493 e. The number of nitrogens with zero attached hydrogens (tertiary/aromatic N) is 1. The Kier molecular flexibility index (Phi) is 4.81. The van der Waals surface area contributed by atoms with Crippen LogP contribution in [0.5, 0.6) is 5.75 Å². The molecule has 0 bridgehead atoms. The molecule has 0 amide bonds. The minimum absolute atomic E-state index is 0.0362. The summed E-state index contributed by atoms with van der Waals surface area (Å²) in [5.74, 6) is 0.832. The number of nitriles is 1. The molecule has 1 atom stereocenters. The van der Waals surface area contributed by atoms with Gasteiger partial charge in [0.05, 0.1) is 12.7 Å². The van der Waals surface area contributed by atoms with E-state index in [0.29, 0.717) is 13.0 Å². The molecular formula is C13H18N2O. The highest BCUT2D eigenvalue weighted by molar-refractivity contribution is 5.38. The minimum Gasteiger partial charge on any atom is -0.493 e. The van der Waals surface area contributed by atoms with E-state index in [4.69, 9.17) is 15.7 Å². The van der Waals surface area contributed by atoms with E-state index in [9.17, 15) is 0 Å². The maximum absolute atomic E-state index is 8.42. The van der Waals surface area contributed by atoms with Crippen LogP contribution in [0, 0.1) is 18.3 Å². The lowest BCUT2D eigenvalue weighted by molar-refractivity contribution is 0.308. The summed E-state index contributed by atoms with van der Waals surface area (Å²) in [6.07, 6.45) is 1.28. The molecule has 1 rings (SSSR count). The van der Waals surface area contributed by atoms with E-state index in [1.807, 2.05) is 32.0 Å². The topological polar surface area (TPSA) is 59.0 Å². The lowest BCUT2D eigenvalue weighted by atomic mass is 10.1. The van der Waals surface area contributed by atoms with Crippen molar-refractivity contribution < 1.29 is 4.74 Å². The molecule has 0 aromatic heterocycles. The van der Waals surface area contributed by atoms with Crippen LogP contribution in [-0.2, 0) is 0 Å². The molecule has 3 nitrogen and oxygen atoms in total. The van der Waals surface area contributed by atoms with Gasteiger partial charge < -0.3 is 10.5 Å². The normalized spacial score (nSPS) is 11.9. The van der Waals surface area contributed by atoms with Crippen LogP contribution in [0.3, 0.4) is 0 Å². The van der Waals surface area contributed by atoms with Crippen LogP contribution in [0.4, 0.5) is 0 Å². The van der Waals surface area contributed by atoms with Crippen LogP contribution >= 0.6 is 0 Å². The fourth-order valence-corrected chi connectivity index (χ4v) is 1.49. The van der Waals surface area contributed by atoms with E-state index < -0.39 is 0 Å². The zero-order valence-corrected chi connectivity index (χ0v) is 9.86. The van der Waals surface area contributed by atoms with Gasteiger partial charge >= 0.3 is 0 Å². The van der Waals surface area contributed by atoms with Gasteiger partial charge in [-0.1, -0.05) is 17.7 Å². The van der Waals surface area contributed by atoms with Crippen LogP contribution in [0.15, 0.2) is 18.2 Å². The number of aryl methyl sites for hydroxylation is 1. The molecule has 0 saturated heterocycles. The third kappa shape index (κ3) is 3.56. The van der Waals surface area contributed by atoms with E-state index >= 15 is 0 Å². The number of benzene rings is 1. The molecule has 86 valence electrons. The quantitative estimate of drug-likeness (QED) is 0.773. The minimum atomic E-state index is -0.0362. The molecule has 0 radical (unpaired) electrons. The van der Waals surface area contributed by atoms with Gasteiger partial charge in [-0.2, -0.15) is 5.26 Å². The Labute approximate surface area is 96.8 Å². The highest BCUT2D eigenvalue weighted by Gasteiger charge is 2.07. The second-order valence-corrected chi connectivity index (χ2v) is 3.94. The lowest BCUT2D eigenvalue weighted by Gasteiger charge is -2.14. The van der Waals surface area contributed by atoms with Gasteiger partial charge in [0, 0.05) is 18.0 Å². The molecule has 2 N–H and O–H groups in total. The Balaban J connectivity index is 2.68. The predicted molar refractivity (Wildman–Crippen MR) is 64.1 cm³/mol. The van der Waals surface area contributed by atoms with Crippen molar-refractivity contribution in [3.8, 4) is 11.8 Å². The van der Waals surface area contributed by atoms with Gasteiger partial charge in [0.15, 0.2) is 0 Å². The lowest BCUT2D eigenvalue weighted by Crippen LogP contribution is -2.09. The summed E-state index contributed by atoms with van der Waals surface area (Å²) >= 11 is 0. The van der Waals surface area contributed by atoms with Crippen molar-refractivity contribution in [2.24, 2.45) is 5.73 Å². The van der Waals surface area contributed by atoms with Crippen molar-refractivity contribution in [2.75, 3.05) is 6.61 Å². The molecule has 0 unspecified atom stereocenters. The van der Waals surface area contributed by atoms with Crippen molar-refractivity contribution in [3.63, 3.8) is 0 Å². The first-order valence-corrected chi connectivity index (χ1v) is 5.51. The molecule has 1 aromatic carbocycles. The van der Waals surface area contributed by atoms with Crippen LogP contribution in [0.2, 0.25) is 0 Å². The molecule has 0 fully saturated rings. The summed E-state index contributed by atoms with van der Waals surface area (Å²) < 4.78 is 5.62. The smallest absolute Gasteiger partial charge is 0.124 e. The average Bonchev–Trinajstić information content (AvgIpc) is 2.26. The summed E-state index contributed by atoms with van der Waals surface area (Å²) in [5, 5.41) is 8.42. The molecule has 0 heterocycles. The van der Waals surface area contributed by atoms with Crippen LogP contribution in [0.25, 0.3) is 0 Å². The second-order valence-electron chi connectivity index (χ2n) is 3.94. The molecule has 0 aliphatic heterocycles. The Hall–Kier alpha value is -1.53. The first-order valence-electron chi connectivity index (χ1n) is 5.51. The maximum Gasteiger partial charge on any atom is 0.124 e. The third-order valence-corrected chi connectivity index (χ3v) is 2.35. The van der Waals surface area contributed by atoms with Crippen molar-refractivity contribution in [2.45, 2.75) is 32.7 Å². The second kappa shape index (κ2) is 6.14. The zero-order valence-electron chi connectivity index (χ0n) is 9.86. The molecule has 3 heteroatoms. The Morgan fingerprint density at radius 2 is 2.25 bits per heavy atom. The summed E-state index contributed by atoms with van der Waals surface area (Å²) in [4.78, 5) is 0. The number of unbranched alkanes of at least 4 members (excludes halogenated alkanes) is 1. The number of rotatable bonds is 5. The molecule has 0 saturated carbocycles. The molecule has 0 aliphatic rings. The van der Waals surface area contributed by atoms with Crippen LogP contribution < -0.4 is 10.5 Å². The van der Waals surface area contributed by atoms with Gasteiger partial charge in [-0.25, -0.2) is 0 Å². The van der Waals surface area contributed by atoms with Crippen molar-refractivity contribution >= 4 is 0 Å². The van der Waals surface area contributed by atoms with E-state index in [1.165, 1.54) is 5.56 Å². The van der Waals surface area contributed by atoms with Crippen LogP contribution in [0.1, 0.15) is 36.9 Å². The van der Waals surface area contributed by atoms with Crippen molar-refractivity contribution in [3.05, 3.63) is 29.3 Å². The summed E-state index contributed by atoms with van der Waals surface area (Å²) in [5.41, 5.74) is 8.08. The first-order chi connectivity index (χ1) is 7.65. The summed E-state index contributed by atoms with van der Waals surface area (Å²) in [7, 11) is 0. The summed E-state index contributed by atoms with van der Waals surface area (Å²) in [6.45, 7) is 4.54. The molecule has 0 spiro atoms. The van der Waals surface area contributed by atoms with Gasteiger partial charge in [-0.05, 0) is 26.3 Å². The fourth-order valence-electron chi connectivity index (χ4n) is 1.49. The molecule has 0 aliphatic carbocycles. The monoisotopic (exact) mass is 218 g/mol. The Bertz CT molecular complexity index is 380. The number of hydrogen-bond donors (Lipinski definition) is 1. The zero-order chi connectivity index (χ0) is 12.0. The standard InChI is InChI=1S/C13H18N2O/c1-10-5-6-13(12(9-10)11(2)15)16-8-4-3-7-14/h5-6,9,11H,3-4,8,15H2,1-2H3/t11-/m1/s1. The average molecular weight is 218 g/mol. The highest BCUT2D eigenvalue weighted by atomic mass is 16.5. The van der Waals surface area contributed by atoms with Gasteiger partial charge in [-0.15, -0.1) is 0 Å². The number of ether oxygens (including phenoxy) is 1. The highest BCUT2D eigenvalue weighted by Crippen LogP contribution is 2.25. The predicted octanol–water partition coefficient (Wildman–Crippen LogP) is 2.70. The van der Waals surface area contributed by atoms with Crippen molar-refractivity contribution in [1.29, 1.82) is 5.26 Å². The van der Waals surface area contributed by atoms with Gasteiger partial charge in [0.2, 0.25) is 0 Å². The van der Waals surface area contributed by atoms with E-state index in [0.717, 1.165) is 17.7 Å².